The summed E-state index contributed by atoms with van der Waals surface area (Å²) in [7, 11) is 0. The van der Waals surface area contributed by atoms with Gasteiger partial charge >= 0.3 is 0 Å². The standard InChI is InChI=1S/C15H15N3/c1-10(2)18-13-9-11-5-3-7-16-14(11)15-12(13)6-4-8-17-15/h3-10,18H,1-2H3. The topological polar surface area (TPSA) is 37.8 Å². The lowest BCUT2D eigenvalue weighted by molar-refractivity contribution is 0.902. The zero-order valence-corrected chi connectivity index (χ0v) is 10.5. The molecule has 0 fully saturated rings. The van der Waals surface area contributed by atoms with Crippen LogP contribution in [0.15, 0.2) is 42.7 Å². The lowest BCUT2D eigenvalue weighted by Gasteiger charge is -2.14. The van der Waals surface area contributed by atoms with Crippen LogP contribution in [0.3, 0.4) is 0 Å². The number of hydrogen-bond acceptors (Lipinski definition) is 3. The van der Waals surface area contributed by atoms with Crippen molar-refractivity contribution in [2.75, 3.05) is 5.32 Å². The van der Waals surface area contributed by atoms with E-state index in [-0.39, 0.29) is 0 Å². The van der Waals surface area contributed by atoms with Gasteiger partial charge < -0.3 is 5.32 Å². The molecule has 0 unspecified atom stereocenters. The second kappa shape index (κ2) is 4.26. The molecule has 3 aromatic rings. The number of nitrogens with one attached hydrogen (secondary N) is 1. The van der Waals surface area contributed by atoms with Crippen LogP contribution in [0.5, 0.6) is 0 Å². The molecule has 1 N–H and O–H groups in total. The van der Waals surface area contributed by atoms with Crippen molar-refractivity contribution in [1.82, 2.24) is 9.97 Å². The zero-order chi connectivity index (χ0) is 12.5. The van der Waals surface area contributed by atoms with Gasteiger partial charge in [0.25, 0.3) is 0 Å². The lowest BCUT2D eigenvalue weighted by Crippen LogP contribution is -2.10. The molecule has 0 saturated carbocycles. The van der Waals surface area contributed by atoms with Crippen LogP contribution in [0.2, 0.25) is 0 Å². The summed E-state index contributed by atoms with van der Waals surface area (Å²) in [5.41, 5.74) is 3.04. The van der Waals surface area contributed by atoms with Crippen molar-refractivity contribution in [3.05, 3.63) is 42.7 Å². The SMILES string of the molecule is CC(C)Nc1cc2cccnc2c2ncccc12. The van der Waals surface area contributed by atoms with Crippen molar-refractivity contribution >= 4 is 27.5 Å². The Balaban J connectivity index is 2.39. The quantitative estimate of drug-likeness (QED) is 0.692. The van der Waals surface area contributed by atoms with Gasteiger partial charge in [0.2, 0.25) is 0 Å². The first kappa shape index (κ1) is 11.0. The van der Waals surface area contributed by atoms with E-state index in [1.165, 1.54) is 0 Å². The Morgan fingerprint density at radius 3 is 2.50 bits per heavy atom. The van der Waals surface area contributed by atoms with Crippen LogP contribution in [0, 0.1) is 0 Å². The van der Waals surface area contributed by atoms with E-state index >= 15 is 0 Å². The molecule has 0 aliphatic heterocycles. The fraction of sp³-hybridized carbons (Fsp3) is 0.200. The highest BCUT2D eigenvalue weighted by molar-refractivity contribution is 6.08. The summed E-state index contributed by atoms with van der Waals surface area (Å²) in [6.45, 7) is 4.27. The summed E-state index contributed by atoms with van der Waals surface area (Å²) in [6.07, 6.45) is 3.63. The molecule has 2 aromatic heterocycles. The molecule has 0 bridgehead atoms. The van der Waals surface area contributed by atoms with E-state index in [1.54, 1.807) is 0 Å². The Kier molecular flexibility index (Phi) is 2.59. The van der Waals surface area contributed by atoms with Crippen molar-refractivity contribution in [3.8, 4) is 0 Å². The maximum Gasteiger partial charge on any atom is 0.0985 e. The molecule has 0 radical (unpaired) electrons. The number of nitrogens with zero attached hydrogens (tertiary/aromatic N) is 2. The van der Waals surface area contributed by atoms with Gasteiger partial charge in [-0.1, -0.05) is 6.07 Å². The number of aromatic nitrogens is 2. The minimum absolute atomic E-state index is 0.391. The average Bonchev–Trinajstić information content (AvgIpc) is 2.38. The van der Waals surface area contributed by atoms with Crippen LogP contribution in [0.4, 0.5) is 5.69 Å². The van der Waals surface area contributed by atoms with Gasteiger partial charge in [-0.05, 0) is 38.1 Å². The minimum atomic E-state index is 0.391. The summed E-state index contributed by atoms with van der Waals surface area (Å²) in [4.78, 5) is 8.91. The normalized spacial score (nSPS) is 11.3. The van der Waals surface area contributed by atoms with Crippen LogP contribution in [-0.2, 0) is 0 Å². The van der Waals surface area contributed by atoms with E-state index in [0.29, 0.717) is 6.04 Å². The molecule has 0 amide bonds. The summed E-state index contributed by atoms with van der Waals surface area (Å²) in [6, 6.07) is 10.6. The molecule has 0 aliphatic rings. The monoisotopic (exact) mass is 237 g/mol. The van der Waals surface area contributed by atoms with Gasteiger partial charge in [0.1, 0.15) is 0 Å². The highest BCUT2D eigenvalue weighted by Gasteiger charge is 2.08. The van der Waals surface area contributed by atoms with Gasteiger partial charge in [0.15, 0.2) is 0 Å². The van der Waals surface area contributed by atoms with Gasteiger partial charge in [-0.2, -0.15) is 0 Å². The molecule has 3 rings (SSSR count). The third-order valence-electron chi connectivity index (χ3n) is 2.91. The zero-order valence-electron chi connectivity index (χ0n) is 10.5. The fourth-order valence-electron chi connectivity index (χ4n) is 2.21. The molecule has 3 heteroatoms. The van der Waals surface area contributed by atoms with Crippen molar-refractivity contribution in [1.29, 1.82) is 0 Å². The predicted octanol–water partition coefficient (Wildman–Crippen LogP) is 3.60. The van der Waals surface area contributed by atoms with E-state index in [1.807, 2.05) is 24.5 Å². The second-order valence-corrected chi connectivity index (χ2v) is 4.70. The van der Waals surface area contributed by atoms with Crippen LogP contribution in [-0.4, -0.2) is 16.0 Å². The summed E-state index contributed by atoms with van der Waals surface area (Å²) in [5, 5.41) is 5.71. The van der Waals surface area contributed by atoms with E-state index in [2.05, 4.69) is 47.3 Å². The first-order valence-corrected chi connectivity index (χ1v) is 6.15. The summed E-state index contributed by atoms with van der Waals surface area (Å²) in [5.74, 6) is 0. The molecule has 90 valence electrons. The van der Waals surface area contributed by atoms with Crippen LogP contribution < -0.4 is 5.32 Å². The van der Waals surface area contributed by atoms with Gasteiger partial charge in [-0.3, -0.25) is 9.97 Å². The summed E-state index contributed by atoms with van der Waals surface area (Å²) < 4.78 is 0. The van der Waals surface area contributed by atoms with E-state index in [9.17, 15) is 0 Å². The maximum atomic E-state index is 4.47. The number of fused-ring (bicyclic) bond motifs is 3. The average molecular weight is 237 g/mol. The van der Waals surface area contributed by atoms with E-state index in [4.69, 9.17) is 0 Å². The van der Waals surface area contributed by atoms with Crippen molar-refractivity contribution in [2.24, 2.45) is 0 Å². The Bertz CT molecular complexity index is 704. The van der Waals surface area contributed by atoms with Crippen LogP contribution >= 0.6 is 0 Å². The van der Waals surface area contributed by atoms with Gasteiger partial charge in [-0.25, -0.2) is 0 Å². The molecule has 0 saturated heterocycles. The Labute approximate surface area is 106 Å². The van der Waals surface area contributed by atoms with Gasteiger partial charge in [0.05, 0.1) is 11.0 Å². The van der Waals surface area contributed by atoms with E-state index in [0.717, 1.165) is 27.5 Å². The van der Waals surface area contributed by atoms with Crippen molar-refractivity contribution in [3.63, 3.8) is 0 Å². The summed E-state index contributed by atoms with van der Waals surface area (Å²) >= 11 is 0. The first-order chi connectivity index (χ1) is 8.75. The molecule has 1 aromatic carbocycles. The molecule has 0 atom stereocenters. The molecule has 0 aliphatic carbocycles. The number of rotatable bonds is 2. The second-order valence-electron chi connectivity index (χ2n) is 4.70. The maximum absolute atomic E-state index is 4.47. The highest BCUT2D eigenvalue weighted by Crippen LogP contribution is 2.29. The third-order valence-corrected chi connectivity index (χ3v) is 2.91. The largest absolute Gasteiger partial charge is 0.382 e. The van der Waals surface area contributed by atoms with E-state index < -0.39 is 0 Å². The van der Waals surface area contributed by atoms with Crippen LogP contribution in [0.1, 0.15) is 13.8 Å². The molecule has 2 heterocycles. The Morgan fingerprint density at radius 2 is 1.72 bits per heavy atom. The van der Waals surface area contributed by atoms with Gasteiger partial charge in [0, 0.05) is 34.9 Å². The fourth-order valence-corrected chi connectivity index (χ4v) is 2.21. The highest BCUT2D eigenvalue weighted by atomic mass is 14.9. The Morgan fingerprint density at radius 1 is 1.00 bits per heavy atom. The van der Waals surface area contributed by atoms with Crippen molar-refractivity contribution < 1.29 is 0 Å². The Hall–Kier alpha value is -2.16. The number of anilines is 1. The lowest BCUT2D eigenvalue weighted by atomic mass is 10.1. The molecular formula is C15H15N3. The number of hydrogen-bond donors (Lipinski definition) is 1. The molecular weight excluding hydrogens is 222 g/mol. The predicted molar refractivity (Wildman–Crippen MR) is 75.8 cm³/mol. The third kappa shape index (κ3) is 1.78. The van der Waals surface area contributed by atoms with Gasteiger partial charge in [-0.15, -0.1) is 0 Å². The molecule has 3 nitrogen and oxygen atoms in total. The number of pyridine rings is 2. The smallest absolute Gasteiger partial charge is 0.0985 e. The molecule has 18 heavy (non-hydrogen) atoms. The van der Waals surface area contributed by atoms with Crippen molar-refractivity contribution in [2.45, 2.75) is 19.9 Å². The van der Waals surface area contributed by atoms with Crippen LogP contribution in [0.25, 0.3) is 21.8 Å². The minimum Gasteiger partial charge on any atom is -0.382 e. The number of benzene rings is 1. The first-order valence-electron chi connectivity index (χ1n) is 6.15. The molecule has 0 spiro atoms.